The maximum Gasteiger partial charge on any atom is 0.417 e. The van der Waals surface area contributed by atoms with Crippen LogP contribution in [0.15, 0.2) is 48.5 Å². The summed E-state index contributed by atoms with van der Waals surface area (Å²) in [5.74, 6) is -1.35. The molecule has 4 saturated carbocycles. The van der Waals surface area contributed by atoms with Crippen molar-refractivity contribution in [2.75, 3.05) is 11.4 Å². The van der Waals surface area contributed by atoms with E-state index < -0.39 is 53.7 Å². The number of hydrogen-bond acceptors (Lipinski definition) is 5. The zero-order valence-corrected chi connectivity index (χ0v) is 28.2. The maximum atomic E-state index is 14.0. The van der Waals surface area contributed by atoms with Crippen LogP contribution in [0.4, 0.5) is 23.7 Å². The topological polar surface area (TPSA) is 99.1 Å². The van der Waals surface area contributed by atoms with Crippen molar-refractivity contribution >= 4 is 17.7 Å². The summed E-state index contributed by atoms with van der Waals surface area (Å²) in [7, 11) is 0. The van der Waals surface area contributed by atoms with Crippen molar-refractivity contribution in [2.24, 2.45) is 11.3 Å². The van der Waals surface area contributed by atoms with E-state index in [1.54, 1.807) is 18.7 Å². The molecule has 7 nitrogen and oxygen atoms in total. The molecule has 6 rings (SSSR count). The highest BCUT2D eigenvalue weighted by Gasteiger charge is 2.63. The van der Waals surface area contributed by atoms with Gasteiger partial charge in [-0.3, -0.25) is 4.79 Å². The Kier molecular flexibility index (Phi) is 9.29. The minimum atomic E-state index is -4.79. The molecule has 0 saturated heterocycles. The molecule has 2 bridgehead atoms. The van der Waals surface area contributed by atoms with Gasteiger partial charge in [-0.15, -0.1) is 0 Å². The molecule has 10 heteroatoms. The van der Waals surface area contributed by atoms with Crippen LogP contribution in [0.3, 0.4) is 0 Å². The zero-order valence-electron chi connectivity index (χ0n) is 28.2. The zero-order chi connectivity index (χ0) is 34.5. The van der Waals surface area contributed by atoms with Crippen molar-refractivity contribution in [3.63, 3.8) is 0 Å². The van der Waals surface area contributed by atoms with E-state index in [2.05, 4.69) is 5.32 Å². The third-order valence-corrected chi connectivity index (χ3v) is 10.9. The summed E-state index contributed by atoms with van der Waals surface area (Å²) in [5.41, 5.74) is -1.96. The first-order valence-corrected chi connectivity index (χ1v) is 16.8. The lowest BCUT2D eigenvalue weighted by molar-refractivity contribution is -0.295. The van der Waals surface area contributed by atoms with Crippen molar-refractivity contribution in [3.05, 3.63) is 54.1 Å². The molecule has 2 amide bonds. The van der Waals surface area contributed by atoms with E-state index in [0.29, 0.717) is 12.2 Å². The summed E-state index contributed by atoms with van der Waals surface area (Å²) in [6.07, 6.45) is -0.412. The molecule has 4 aliphatic rings. The van der Waals surface area contributed by atoms with Gasteiger partial charge in [0.05, 0.1) is 5.60 Å². The second-order valence-electron chi connectivity index (χ2n) is 15.6. The number of ether oxygens (including phenoxy) is 1. The van der Waals surface area contributed by atoms with Crippen LogP contribution in [-0.2, 0) is 15.1 Å². The van der Waals surface area contributed by atoms with E-state index in [1.807, 2.05) is 69.3 Å². The molecule has 4 fully saturated rings. The van der Waals surface area contributed by atoms with Crippen LogP contribution in [0.5, 0.6) is 0 Å². The molecule has 4 aliphatic carbocycles. The van der Waals surface area contributed by atoms with Gasteiger partial charge >= 0.3 is 12.3 Å². The number of nitrogens with one attached hydrogen (secondary N) is 1. The average molecular weight is 659 g/mol. The fourth-order valence-corrected chi connectivity index (χ4v) is 7.77. The summed E-state index contributed by atoms with van der Waals surface area (Å²) in [6, 6.07) is 14.9. The van der Waals surface area contributed by atoms with E-state index >= 15 is 0 Å². The Balaban J connectivity index is 1.36. The van der Waals surface area contributed by atoms with Crippen LogP contribution in [0, 0.1) is 11.3 Å². The van der Waals surface area contributed by atoms with Gasteiger partial charge in [-0.2, -0.15) is 13.2 Å². The van der Waals surface area contributed by atoms with E-state index in [1.165, 1.54) is 0 Å². The van der Waals surface area contributed by atoms with Crippen LogP contribution >= 0.6 is 0 Å². The highest BCUT2D eigenvalue weighted by molar-refractivity contribution is 5.96. The largest absolute Gasteiger partial charge is 0.444 e. The highest BCUT2D eigenvalue weighted by Crippen LogP contribution is 2.54. The normalized spacial score (nSPS) is 27.6. The van der Waals surface area contributed by atoms with Crippen molar-refractivity contribution < 1.29 is 37.7 Å². The number of benzene rings is 2. The van der Waals surface area contributed by atoms with Gasteiger partial charge in [0.25, 0.3) is 0 Å². The summed E-state index contributed by atoms with van der Waals surface area (Å²) in [5, 5.41) is 23.7. The van der Waals surface area contributed by atoms with Gasteiger partial charge in [-0.05, 0) is 120 Å². The van der Waals surface area contributed by atoms with Crippen LogP contribution < -0.4 is 10.2 Å². The SMILES string of the molecule is CCCC(C)(C)OC(=O)NC12CCC(CN(C(=O)C3CC(O)(C(F)(F)F)C3)c3cccc(-c4ccc(C(C)(C)O)cc4)c3)(CC1)CC2. The first kappa shape index (κ1) is 35.2. The molecule has 0 heterocycles. The Morgan fingerprint density at radius 3 is 2.06 bits per heavy atom. The monoisotopic (exact) mass is 658 g/mol. The van der Waals surface area contributed by atoms with E-state index in [9.17, 15) is 33.0 Å². The summed E-state index contributed by atoms with van der Waals surface area (Å²) < 4.78 is 46.3. The molecule has 0 atom stereocenters. The number of nitrogens with zero attached hydrogens (tertiary/aromatic N) is 1. The minimum Gasteiger partial charge on any atom is -0.444 e. The van der Waals surface area contributed by atoms with Crippen LogP contribution in [0.25, 0.3) is 11.1 Å². The van der Waals surface area contributed by atoms with E-state index in [4.69, 9.17) is 4.74 Å². The molecular formula is C37H49F3N2O5. The predicted molar refractivity (Wildman–Crippen MR) is 175 cm³/mol. The number of rotatable bonds is 10. The van der Waals surface area contributed by atoms with Gasteiger partial charge in [-0.25, -0.2) is 4.79 Å². The Morgan fingerprint density at radius 2 is 1.53 bits per heavy atom. The molecular weight excluding hydrogens is 609 g/mol. The first-order valence-electron chi connectivity index (χ1n) is 16.8. The van der Waals surface area contributed by atoms with Crippen LogP contribution in [-0.4, -0.2) is 51.7 Å². The smallest absolute Gasteiger partial charge is 0.417 e. The quantitative estimate of drug-likeness (QED) is 0.240. The number of amides is 2. The Morgan fingerprint density at radius 1 is 0.936 bits per heavy atom. The molecule has 0 spiro atoms. The Bertz CT molecular complexity index is 1430. The molecule has 47 heavy (non-hydrogen) atoms. The van der Waals surface area contributed by atoms with Gasteiger partial charge < -0.3 is 25.2 Å². The van der Waals surface area contributed by atoms with Crippen molar-refractivity contribution in [1.29, 1.82) is 0 Å². The van der Waals surface area contributed by atoms with Crippen molar-refractivity contribution in [2.45, 2.75) is 127 Å². The Hall–Kier alpha value is -3.11. The second-order valence-corrected chi connectivity index (χ2v) is 15.6. The molecule has 258 valence electrons. The van der Waals surface area contributed by atoms with E-state index in [-0.39, 0.29) is 11.0 Å². The van der Waals surface area contributed by atoms with Gasteiger partial charge in [0.2, 0.25) is 5.91 Å². The lowest BCUT2D eigenvalue weighted by Crippen LogP contribution is -2.61. The number of fused-ring (bicyclic) bond motifs is 3. The lowest BCUT2D eigenvalue weighted by Gasteiger charge is -2.55. The number of aliphatic hydroxyl groups is 2. The molecule has 0 unspecified atom stereocenters. The minimum absolute atomic E-state index is 0.251. The van der Waals surface area contributed by atoms with Gasteiger partial charge in [-0.1, -0.05) is 49.7 Å². The lowest BCUT2D eigenvalue weighted by atomic mass is 9.57. The van der Waals surface area contributed by atoms with E-state index in [0.717, 1.165) is 68.1 Å². The average Bonchev–Trinajstić information content (AvgIpc) is 2.97. The third-order valence-electron chi connectivity index (χ3n) is 10.9. The second kappa shape index (κ2) is 12.4. The standard InChI is InChI=1S/C37H49F3N2O5/c1-6-14-32(2,3)47-31(44)41-35-18-15-34(16-19-35,17-20-35)24-42(30(43)27-22-36(46,23-27)37(38,39)40)29-9-7-8-26(21-29)25-10-12-28(13-11-25)33(4,5)45/h7-13,21,27,45-46H,6,14-20,22-24H2,1-5H3,(H,41,44). The molecule has 0 radical (unpaired) electrons. The summed E-state index contributed by atoms with van der Waals surface area (Å²) >= 11 is 0. The molecule has 3 N–H and O–H groups in total. The third kappa shape index (κ3) is 7.48. The maximum absolute atomic E-state index is 14.0. The van der Waals surface area contributed by atoms with Gasteiger partial charge in [0, 0.05) is 23.7 Å². The number of anilines is 1. The van der Waals surface area contributed by atoms with Crippen LogP contribution in [0.2, 0.25) is 0 Å². The highest BCUT2D eigenvalue weighted by atomic mass is 19.4. The number of halogens is 3. The molecule has 0 aromatic heterocycles. The van der Waals surface area contributed by atoms with Crippen molar-refractivity contribution in [1.82, 2.24) is 5.32 Å². The first-order chi connectivity index (χ1) is 21.8. The molecule has 2 aromatic carbocycles. The summed E-state index contributed by atoms with van der Waals surface area (Å²) in [6.45, 7) is 9.63. The Labute approximate surface area is 275 Å². The number of alkyl halides is 3. The fraction of sp³-hybridized carbons (Fsp3) is 0.622. The summed E-state index contributed by atoms with van der Waals surface area (Å²) in [4.78, 5) is 28.5. The number of alkyl carbamates (subject to hydrolysis) is 1. The predicted octanol–water partition coefficient (Wildman–Crippen LogP) is 8.02. The molecule has 2 aromatic rings. The number of carbonyl (C=O) groups excluding carboxylic acids is 2. The van der Waals surface area contributed by atoms with Crippen LogP contribution in [0.1, 0.15) is 104 Å². The van der Waals surface area contributed by atoms with Gasteiger partial charge in [0.15, 0.2) is 5.60 Å². The molecule has 0 aliphatic heterocycles. The number of hydrogen-bond donors (Lipinski definition) is 3. The number of carbonyl (C=O) groups is 2. The fourth-order valence-electron chi connectivity index (χ4n) is 7.77. The van der Waals surface area contributed by atoms with Gasteiger partial charge in [0.1, 0.15) is 5.60 Å². The van der Waals surface area contributed by atoms with Crippen molar-refractivity contribution in [3.8, 4) is 11.1 Å².